The van der Waals surface area contributed by atoms with Gasteiger partial charge in [0.1, 0.15) is 30.4 Å². The Hall–Kier alpha value is -5.18. The molecule has 4 aromatic rings. The van der Waals surface area contributed by atoms with Crippen molar-refractivity contribution in [1.82, 2.24) is 29.1 Å². The third-order valence-corrected chi connectivity index (χ3v) is 11.2. The number of amides is 1. The number of halogens is 2. The topological polar surface area (TPSA) is 261 Å². The molecule has 1 aromatic carbocycles. The van der Waals surface area contributed by atoms with Gasteiger partial charge in [-0.2, -0.15) is 5.26 Å². The second kappa shape index (κ2) is 18.6. The molecule has 20 nitrogen and oxygen atoms in total. The summed E-state index contributed by atoms with van der Waals surface area (Å²) in [7, 11) is 0. The number of esters is 1. The van der Waals surface area contributed by atoms with Gasteiger partial charge in [-0.15, -0.1) is 0 Å². The molecule has 0 saturated carbocycles. The van der Waals surface area contributed by atoms with E-state index in [0.717, 1.165) is 23.2 Å². The van der Waals surface area contributed by atoms with Crippen molar-refractivity contribution in [2.75, 3.05) is 25.1 Å². The number of anilines is 1. The molecular weight excluding hydrogens is 813 g/mol. The van der Waals surface area contributed by atoms with E-state index >= 15 is 8.78 Å². The Morgan fingerprint density at radius 3 is 2.45 bits per heavy atom. The smallest absolute Gasteiger partial charge is 0.330 e. The minimum absolute atomic E-state index is 0.00127. The van der Waals surface area contributed by atoms with Crippen LogP contribution < -0.4 is 16.6 Å². The first kappa shape index (κ1) is 42.4. The highest BCUT2D eigenvalue weighted by atomic mass is 32.5. The predicted octanol–water partition coefficient (Wildman–Crippen LogP) is 1.93. The van der Waals surface area contributed by atoms with Gasteiger partial charge in [0.15, 0.2) is 47.9 Å². The maximum absolute atomic E-state index is 16.5. The van der Waals surface area contributed by atoms with Gasteiger partial charge in [-0.3, -0.25) is 33.0 Å². The predicted molar refractivity (Wildman–Crippen MR) is 197 cm³/mol. The van der Waals surface area contributed by atoms with Crippen LogP contribution in [0.15, 0.2) is 64.8 Å². The fourth-order valence-electron chi connectivity index (χ4n) is 6.01. The maximum atomic E-state index is 16.5. The molecule has 3 aromatic heterocycles. The van der Waals surface area contributed by atoms with Crippen LogP contribution in [0.25, 0.3) is 11.2 Å². The molecule has 0 spiro atoms. The number of ketones is 1. The first-order valence-electron chi connectivity index (χ1n) is 17.5. The summed E-state index contributed by atoms with van der Waals surface area (Å²) >= 11 is 5.58. The number of aliphatic hydroxyl groups is 1. The average Bonchev–Trinajstić information content (AvgIpc) is 3.86. The number of H-pyrrole nitrogens is 1. The van der Waals surface area contributed by atoms with Crippen LogP contribution in [0, 0.1) is 11.3 Å². The van der Waals surface area contributed by atoms with Crippen LogP contribution >= 0.6 is 6.72 Å². The van der Waals surface area contributed by atoms with Gasteiger partial charge in [-0.1, -0.05) is 18.2 Å². The lowest BCUT2D eigenvalue weighted by Gasteiger charge is -2.29. The van der Waals surface area contributed by atoms with Crippen molar-refractivity contribution in [3.05, 3.63) is 81.7 Å². The van der Waals surface area contributed by atoms with Crippen molar-refractivity contribution in [2.24, 2.45) is 0 Å². The van der Waals surface area contributed by atoms with E-state index in [1.165, 1.54) is 17.8 Å². The number of aliphatic hydroxyl groups excluding tert-OH is 1. The quantitative estimate of drug-likeness (QED) is 0.0779. The lowest BCUT2D eigenvalue weighted by molar-refractivity contribution is -0.155. The largest absolute Gasteiger partial charge is 0.456 e. The zero-order chi connectivity index (χ0) is 41.6. The summed E-state index contributed by atoms with van der Waals surface area (Å²) in [6, 6.07) is 11.1. The van der Waals surface area contributed by atoms with Gasteiger partial charge in [0, 0.05) is 24.2 Å². The zero-order valence-electron chi connectivity index (χ0n) is 30.3. The number of nitrogens with one attached hydrogen (secondary N) is 2. The summed E-state index contributed by atoms with van der Waals surface area (Å²) < 4.78 is 68.9. The Bertz CT molecular complexity index is 2350. The SMILES string of the molecule is CC(=O)CCC(=O)OC1C(COP(=S)(OCCC#N)OC2C(CO)OC(n3ccc(=O)[nH]c3=O)C2F)OC(n2cnc3c(NC(=O)c4ccccc4)ncnc32)C1F. The van der Waals surface area contributed by atoms with E-state index < -0.39 is 92.3 Å². The molecule has 2 saturated heterocycles. The van der Waals surface area contributed by atoms with Crippen LogP contribution in [0.1, 0.15) is 49.0 Å². The fourth-order valence-corrected chi connectivity index (χ4v) is 8.11. The number of rotatable bonds is 17. The molecule has 24 heteroatoms. The summed E-state index contributed by atoms with van der Waals surface area (Å²) in [4.78, 5) is 75.8. The molecule has 6 rings (SSSR count). The van der Waals surface area contributed by atoms with Crippen LogP contribution in [-0.2, 0) is 49.2 Å². The lowest BCUT2D eigenvalue weighted by Crippen LogP contribution is -2.37. The first-order chi connectivity index (χ1) is 27.8. The fraction of sp³-hybridized carbons (Fsp3) is 0.441. The monoisotopic (exact) mass is 848 g/mol. The number of nitrogens with zero attached hydrogens (tertiary/aromatic N) is 6. The number of carbonyl (C=O) groups is 3. The summed E-state index contributed by atoms with van der Waals surface area (Å²) in [5, 5.41) is 21.8. The van der Waals surface area contributed by atoms with Gasteiger partial charge >= 0.3 is 18.4 Å². The van der Waals surface area contributed by atoms with Gasteiger partial charge in [-0.25, -0.2) is 28.5 Å². The maximum Gasteiger partial charge on any atom is 0.330 e. The Morgan fingerprint density at radius 1 is 1.02 bits per heavy atom. The second-order valence-electron chi connectivity index (χ2n) is 12.8. The molecule has 5 heterocycles. The van der Waals surface area contributed by atoms with E-state index in [2.05, 4.69) is 20.3 Å². The van der Waals surface area contributed by atoms with Crippen molar-refractivity contribution in [1.29, 1.82) is 5.26 Å². The minimum atomic E-state index is -4.21. The van der Waals surface area contributed by atoms with E-state index in [1.54, 1.807) is 30.3 Å². The number of Topliss-reactive ketones (excluding diaryl/α,β-unsaturated/α-hetero) is 1. The number of imidazole rings is 1. The van der Waals surface area contributed by atoms with E-state index in [9.17, 15) is 29.1 Å². The van der Waals surface area contributed by atoms with E-state index in [0.29, 0.717) is 5.56 Å². The van der Waals surface area contributed by atoms with Gasteiger partial charge in [0.2, 0.25) is 0 Å². The summed E-state index contributed by atoms with van der Waals surface area (Å²) in [5.41, 5.74) is -1.36. The molecule has 9 atom stereocenters. The number of aromatic amines is 1. The van der Waals surface area contributed by atoms with Crippen molar-refractivity contribution in [3.8, 4) is 6.07 Å². The van der Waals surface area contributed by atoms with Crippen molar-refractivity contribution in [3.63, 3.8) is 0 Å². The minimum Gasteiger partial charge on any atom is -0.456 e. The third kappa shape index (κ3) is 9.57. The van der Waals surface area contributed by atoms with Crippen molar-refractivity contribution in [2.45, 2.75) is 75.4 Å². The van der Waals surface area contributed by atoms with Gasteiger partial charge < -0.3 is 38.5 Å². The number of nitriles is 1. The average molecular weight is 849 g/mol. The molecule has 3 N–H and O–H groups in total. The van der Waals surface area contributed by atoms with Gasteiger partial charge in [0.25, 0.3) is 11.5 Å². The molecule has 9 unspecified atom stereocenters. The lowest BCUT2D eigenvalue weighted by atomic mass is 10.1. The van der Waals surface area contributed by atoms with Gasteiger partial charge in [-0.05, 0) is 30.9 Å². The number of benzene rings is 1. The second-order valence-corrected chi connectivity index (χ2v) is 15.8. The number of aromatic nitrogens is 6. The summed E-state index contributed by atoms with van der Waals surface area (Å²) in [6.07, 6.45) is -11.5. The molecule has 0 bridgehead atoms. The highest BCUT2D eigenvalue weighted by Crippen LogP contribution is 2.54. The molecule has 2 fully saturated rings. The molecule has 2 aliphatic heterocycles. The molecule has 2 aliphatic rings. The number of fused-ring (bicyclic) bond motifs is 1. The van der Waals surface area contributed by atoms with E-state index in [4.69, 9.17) is 44.9 Å². The Kier molecular flexibility index (Phi) is 13.6. The van der Waals surface area contributed by atoms with Crippen LogP contribution in [0.3, 0.4) is 0 Å². The third-order valence-electron chi connectivity index (χ3n) is 8.80. The molecule has 308 valence electrons. The highest BCUT2D eigenvalue weighted by molar-refractivity contribution is 8.07. The Morgan fingerprint density at radius 2 is 1.74 bits per heavy atom. The Balaban J connectivity index is 1.25. The molecule has 0 aliphatic carbocycles. The number of alkyl halides is 2. The Labute approximate surface area is 331 Å². The van der Waals surface area contributed by atoms with Crippen LogP contribution in [0.2, 0.25) is 0 Å². The van der Waals surface area contributed by atoms with Crippen LogP contribution in [0.4, 0.5) is 14.6 Å². The van der Waals surface area contributed by atoms with E-state index in [-0.39, 0.29) is 48.6 Å². The van der Waals surface area contributed by atoms with Gasteiger partial charge in [0.05, 0.1) is 45.1 Å². The highest BCUT2D eigenvalue weighted by Gasteiger charge is 2.52. The standard InChI is InChI=1S/C34H35F2N8O12PS/c1-18(46)8-9-23(48)55-27-21(54-33(24(27)35)44-17-40-26-29(38-16-39-30(26)44)42-31(49)19-6-3-2-4-7-19)15-52-57(58,51-13-5-11-37)56-28-20(14-45)53-32(25(28)36)43-12-10-22(47)41-34(43)50/h2-4,6-7,10,12,16-17,20-21,24-25,27-28,32-33,45H,5,8-9,13-15H2,1H3,(H,41,47,50)(H,38,39,42,49). The van der Waals surface area contributed by atoms with Crippen molar-refractivity contribution >= 4 is 53.2 Å². The van der Waals surface area contributed by atoms with Crippen molar-refractivity contribution < 1.29 is 56.1 Å². The first-order valence-corrected chi connectivity index (χ1v) is 20.1. The number of ether oxygens (including phenoxy) is 3. The molecular formula is C34H35F2N8O12PS. The summed E-state index contributed by atoms with van der Waals surface area (Å²) in [5.74, 6) is -1.77. The molecule has 0 radical (unpaired) electrons. The van der Waals surface area contributed by atoms with Crippen LogP contribution in [-0.4, -0.2) is 108 Å². The molecule has 1 amide bonds. The number of hydrogen-bond acceptors (Lipinski definition) is 17. The summed E-state index contributed by atoms with van der Waals surface area (Å²) in [6.45, 7) is -4.87. The number of hydrogen-bond donors (Lipinski definition) is 3. The molecule has 58 heavy (non-hydrogen) atoms. The van der Waals surface area contributed by atoms with E-state index in [1.807, 2.05) is 11.1 Å². The normalized spacial score (nSPS) is 25.2. The van der Waals surface area contributed by atoms with Crippen LogP contribution in [0.5, 0.6) is 0 Å². The zero-order valence-corrected chi connectivity index (χ0v) is 32.0. The number of carbonyl (C=O) groups excluding carboxylic acids is 3.